The molecule has 0 radical (unpaired) electrons. The largest absolute Gasteiger partial charge is 0.454 e. The van der Waals surface area contributed by atoms with Crippen LogP contribution in [0.5, 0.6) is 0 Å². The first-order valence-electron chi connectivity index (χ1n) is 10.6. The third-order valence-electron chi connectivity index (χ3n) is 5.84. The van der Waals surface area contributed by atoms with Gasteiger partial charge in [0.15, 0.2) is 5.58 Å². The Balaban J connectivity index is 1.93. The number of fused-ring (bicyclic) bond motifs is 3. The molecule has 0 N–H and O–H groups in total. The fraction of sp³-hybridized carbons (Fsp3) is 0.222. The zero-order valence-corrected chi connectivity index (χ0v) is 17.9. The molecule has 0 fully saturated rings. The molecule has 0 spiro atoms. The molecule has 0 saturated heterocycles. The van der Waals surface area contributed by atoms with Crippen molar-refractivity contribution in [3.8, 4) is 17.1 Å². The quantitative estimate of drug-likeness (QED) is 0.313. The SMILES string of the molecule is CC(C)c1cc(C(C)C)c2c(oc3ccccc32)c1-n1ccnc1-c1ccccc1. The fourth-order valence-electron chi connectivity index (χ4n) is 4.37. The zero-order chi connectivity index (χ0) is 20.8. The van der Waals surface area contributed by atoms with Crippen LogP contribution in [0.25, 0.3) is 39.0 Å². The first-order chi connectivity index (χ1) is 14.6. The molecule has 0 saturated carbocycles. The molecule has 3 aromatic carbocycles. The molecule has 2 heterocycles. The van der Waals surface area contributed by atoms with Crippen LogP contribution in [0, 0.1) is 0 Å². The van der Waals surface area contributed by atoms with Gasteiger partial charge in [-0.3, -0.25) is 4.57 Å². The number of hydrogen-bond donors (Lipinski definition) is 0. The summed E-state index contributed by atoms with van der Waals surface area (Å²) in [7, 11) is 0. The molecule has 5 aromatic rings. The number of imidazole rings is 1. The Morgan fingerprint density at radius 3 is 2.27 bits per heavy atom. The number of furan rings is 1. The minimum absolute atomic E-state index is 0.348. The zero-order valence-electron chi connectivity index (χ0n) is 17.9. The highest BCUT2D eigenvalue weighted by Gasteiger charge is 2.24. The van der Waals surface area contributed by atoms with Crippen molar-refractivity contribution < 1.29 is 4.42 Å². The van der Waals surface area contributed by atoms with Crippen molar-refractivity contribution in [1.82, 2.24) is 9.55 Å². The molecular formula is C27H26N2O. The number of hydrogen-bond acceptors (Lipinski definition) is 2. The topological polar surface area (TPSA) is 31.0 Å². The van der Waals surface area contributed by atoms with Crippen LogP contribution in [0.4, 0.5) is 0 Å². The lowest BCUT2D eigenvalue weighted by Crippen LogP contribution is -2.05. The minimum Gasteiger partial charge on any atom is -0.454 e. The Kier molecular flexibility index (Phi) is 4.47. The normalized spacial score (nSPS) is 11.9. The summed E-state index contributed by atoms with van der Waals surface area (Å²) < 4.78 is 8.73. The van der Waals surface area contributed by atoms with Gasteiger partial charge in [0.05, 0.1) is 5.69 Å². The third kappa shape index (κ3) is 2.85. The predicted octanol–water partition coefficient (Wildman–Crippen LogP) is 7.69. The van der Waals surface area contributed by atoms with Gasteiger partial charge in [-0.25, -0.2) is 4.98 Å². The van der Waals surface area contributed by atoms with Gasteiger partial charge < -0.3 is 4.42 Å². The molecule has 0 aliphatic rings. The standard InChI is InChI=1S/C27H26N2O/c1-17(2)21-16-22(18(3)4)25(26-24(21)20-12-8-9-13-23(20)30-26)29-15-14-28-27(29)19-10-6-5-7-11-19/h5-18H,1-4H3. The van der Waals surface area contributed by atoms with Crippen molar-refractivity contribution in [2.24, 2.45) is 0 Å². The average molecular weight is 395 g/mol. The van der Waals surface area contributed by atoms with Crippen molar-refractivity contribution in [2.75, 3.05) is 0 Å². The molecule has 0 atom stereocenters. The van der Waals surface area contributed by atoms with Gasteiger partial charge in [0, 0.05) is 28.7 Å². The van der Waals surface area contributed by atoms with Crippen LogP contribution in [0.15, 0.2) is 77.5 Å². The van der Waals surface area contributed by atoms with Crippen molar-refractivity contribution in [1.29, 1.82) is 0 Å². The number of nitrogens with zero attached hydrogens (tertiary/aromatic N) is 2. The molecule has 30 heavy (non-hydrogen) atoms. The summed E-state index contributed by atoms with van der Waals surface area (Å²) >= 11 is 0. The van der Waals surface area contributed by atoms with E-state index in [1.807, 2.05) is 24.5 Å². The predicted molar refractivity (Wildman–Crippen MR) is 124 cm³/mol. The lowest BCUT2D eigenvalue weighted by molar-refractivity contribution is 0.662. The smallest absolute Gasteiger partial charge is 0.160 e. The van der Waals surface area contributed by atoms with Crippen LogP contribution in [0.1, 0.15) is 50.7 Å². The van der Waals surface area contributed by atoms with Gasteiger partial charge in [-0.2, -0.15) is 0 Å². The first kappa shape index (κ1) is 18.7. The Morgan fingerprint density at radius 2 is 1.53 bits per heavy atom. The van der Waals surface area contributed by atoms with E-state index in [1.54, 1.807) is 0 Å². The van der Waals surface area contributed by atoms with E-state index in [9.17, 15) is 0 Å². The average Bonchev–Trinajstić information content (AvgIpc) is 3.38. The van der Waals surface area contributed by atoms with E-state index in [-0.39, 0.29) is 0 Å². The molecule has 0 bridgehead atoms. The van der Waals surface area contributed by atoms with Crippen LogP contribution in [-0.2, 0) is 0 Å². The highest BCUT2D eigenvalue weighted by atomic mass is 16.3. The van der Waals surface area contributed by atoms with Gasteiger partial charge in [-0.1, -0.05) is 82.3 Å². The Bertz CT molecular complexity index is 1340. The summed E-state index contributed by atoms with van der Waals surface area (Å²) in [6.07, 6.45) is 3.92. The van der Waals surface area contributed by atoms with Crippen molar-refractivity contribution >= 4 is 21.9 Å². The third-order valence-corrected chi connectivity index (χ3v) is 5.84. The Hall–Kier alpha value is -3.33. The first-order valence-corrected chi connectivity index (χ1v) is 10.6. The highest BCUT2D eigenvalue weighted by Crippen LogP contribution is 2.42. The molecule has 150 valence electrons. The van der Waals surface area contributed by atoms with Crippen molar-refractivity contribution in [2.45, 2.75) is 39.5 Å². The fourth-order valence-corrected chi connectivity index (χ4v) is 4.37. The van der Waals surface area contributed by atoms with E-state index < -0.39 is 0 Å². The second kappa shape index (κ2) is 7.17. The van der Waals surface area contributed by atoms with Gasteiger partial charge in [0.25, 0.3) is 0 Å². The highest BCUT2D eigenvalue weighted by molar-refractivity contribution is 6.10. The lowest BCUT2D eigenvalue weighted by atomic mass is 9.90. The summed E-state index contributed by atoms with van der Waals surface area (Å²) in [5, 5.41) is 2.39. The van der Waals surface area contributed by atoms with Crippen LogP contribution in [0.2, 0.25) is 0 Å². The molecule has 5 rings (SSSR count). The monoisotopic (exact) mass is 394 g/mol. The Labute approximate surface area is 177 Å². The summed E-state index contributed by atoms with van der Waals surface area (Å²) in [6.45, 7) is 9.01. The molecular weight excluding hydrogens is 368 g/mol. The van der Waals surface area contributed by atoms with E-state index in [4.69, 9.17) is 9.40 Å². The number of aromatic nitrogens is 2. The number of para-hydroxylation sites is 1. The molecule has 0 amide bonds. The van der Waals surface area contributed by atoms with Gasteiger partial charge in [-0.05, 0) is 29.0 Å². The maximum atomic E-state index is 6.53. The van der Waals surface area contributed by atoms with E-state index in [0.29, 0.717) is 11.8 Å². The van der Waals surface area contributed by atoms with Gasteiger partial charge in [-0.15, -0.1) is 0 Å². The molecule has 3 nitrogen and oxygen atoms in total. The van der Waals surface area contributed by atoms with Gasteiger partial charge >= 0.3 is 0 Å². The van der Waals surface area contributed by atoms with Gasteiger partial charge in [0.2, 0.25) is 0 Å². The summed E-state index contributed by atoms with van der Waals surface area (Å²) in [4.78, 5) is 4.70. The maximum absolute atomic E-state index is 6.53. The second-order valence-corrected chi connectivity index (χ2v) is 8.50. The summed E-state index contributed by atoms with van der Waals surface area (Å²) in [5.74, 6) is 1.68. The van der Waals surface area contributed by atoms with E-state index >= 15 is 0 Å². The van der Waals surface area contributed by atoms with Crippen LogP contribution in [0.3, 0.4) is 0 Å². The van der Waals surface area contributed by atoms with Crippen LogP contribution < -0.4 is 0 Å². The molecule has 0 unspecified atom stereocenters. The Morgan fingerprint density at radius 1 is 0.833 bits per heavy atom. The molecule has 2 aromatic heterocycles. The summed E-state index contributed by atoms with van der Waals surface area (Å²) in [6, 6.07) is 21.1. The van der Waals surface area contributed by atoms with Crippen molar-refractivity contribution in [3.05, 3.63) is 84.2 Å². The lowest BCUT2D eigenvalue weighted by Gasteiger charge is -2.20. The summed E-state index contributed by atoms with van der Waals surface area (Å²) in [5.41, 5.74) is 6.68. The molecule has 0 aliphatic carbocycles. The molecule has 0 aliphatic heterocycles. The minimum atomic E-state index is 0.348. The second-order valence-electron chi connectivity index (χ2n) is 8.50. The molecule has 3 heteroatoms. The van der Waals surface area contributed by atoms with E-state index in [0.717, 1.165) is 28.2 Å². The van der Waals surface area contributed by atoms with Gasteiger partial charge in [0.1, 0.15) is 11.4 Å². The van der Waals surface area contributed by atoms with E-state index in [2.05, 4.69) is 80.8 Å². The van der Waals surface area contributed by atoms with E-state index in [1.165, 1.54) is 21.9 Å². The van der Waals surface area contributed by atoms with Crippen LogP contribution in [-0.4, -0.2) is 9.55 Å². The maximum Gasteiger partial charge on any atom is 0.160 e. The van der Waals surface area contributed by atoms with Crippen LogP contribution >= 0.6 is 0 Å². The number of benzene rings is 3. The number of rotatable bonds is 4. The van der Waals surface area contributed by atoms with Crippen molar-refractivity contribution in [3.63, 3.8) is 0 Å².